The van der Waals surface area contributed by atoms with Crippen LogP contribution in [0.4, 0.5) is 45.7 Å². The van der Waals surface area contributed by atoms with Gasteiger partial charge in [0.25, 0.3) is 0 Å². The van der Waals surface area contributed by atoms with Crippen molar-refractivity contribution in [2.24, 2.45) is 0 Å². The van der Waals surface area contributed by atoms with Crippen molar-refractivity contribution in [3.05, 3.63) is 187 Å². The van der Waals surface area contributed by atoms with Gasteiger partial charge in [-0.3, -0.25) is 14.4 Å². The van der Waals surface area contributed by atoms with Crippen LogP contribution < -0.4 is 55.9 Å². The number of carboxylic acid groups (broad SMARTS) is 1. The van der Waals surface area contributed by atoms with Crippen LogP contribution in [-0.4, -0.2) is 110 Å². The molecule has 0 fully saturated rings. The number of rotatable bonds is 20. The smallest absolute Gasteiger partial charge is 0.548 e. The Morgan fingerprint density at radius 3 is 0.935 bits per heavy atom. The minimum Gasteiger partial charge on any atom is -0.548 e. The molecule has 32 heteroatoms. The van der Waals surface area contributed by atoms with Crippen LogP contribution in [0.25, 0.3) is 56.3 Å². The number of halogens is 11. The first-order valence-electron chi connectivity index (χ1n) is 26.5. The summed E-state index contributed by atoms with van der Waals surface area (Å²) in [5.41, 5.74) is 4.66. The number of carbonyl (C=O) groups is 4. The van der Waals surface area contributed by atoms with Crippen LogP contribution in [0.5, 0.6) is 0 Å². The van der Waals surface area contributed by atoms with Gasteiger partial charge in [-0.05, 0) is 118 Å². The number of nitrogens with zero attached hydrogens (tertiary/aromatic N) is 8. The molecule has 0 aliphatic heterocycles. The maximum absolute atomic E-state index is 13.9. The Hall–Kier alpha value is -8.11. The van der Waals surface area contributed by atoms with Gasteiger partial charge < -0.3 is 45.4 Å². The Morgan fingerprint density at radius 1 is 0.370 bits per heavy atom. The minimum absolute atomic E-state index is 0. The summed E-state index contributed by atoms with van der Waals surface area (Å²) in [4.78, 5) is 77.4. The van der Waals surface area contributed by atoms with Crippen LogP contribution in [0, 0.1) is 29.1 Å². The fourth-order valence-electron chi connectivity index (χ4n) is 7.21. The second-order valence-electron chi connectivity index (χ2n) is 17.8. The van der Waals surface area contributed by atoms with E-state index in [1.54, 1.807) is 63.2 Å². The second kappa shape index (κ2) is 37.4. The van der Waals surface area contributed by atoms with Crippen molar-refractivity contribution >= 4 is 117 Å². The summed E-state index contributed by atoms with van der Waals surface area (Å²) in [5, 5.41) is 21.9. The van der Waals surface area contributed by atoms with Gasteiger partial charge in [-0.15, -0.1) is 0 Å². The zero-order chi connectivity index (χ0) is 66.1. The number of benzene rings is 5. The Kier molecular flexibility index (Phi) is 30.3. The zero-order valence-electron chi connectivity index (χ0n) is 48.6. The molecule has 0 unspecified atom stereocenters. The molecule has 0 bridgehead atoms. The van der Waals surface area contributed by atoms with Crippen molar-refractivity contribution in [1.82, 2.24) is 39.9 Å². The molecule has 4 N–H and O–H groups in total. The van der Waals surface area contributed by atoms with Crippen LogP contribution in [0.3, 0.4) is 0 Å². The van der Waals surface area contributed by atoms with Gasteiger partial charge in [0, 0.05) is 39.9 Å². The van der Waals surface area contributed by atoms with Crippen LogP contribution in [0.1, 0.15) is 20.8 Å². The van der Waals surface area contributed by atoms with Crippen molar-refractivity contribution < 1.29 is 90.0 Å². The predicted octanol–water partition coefficient (Wildman–Crippen LogP) is 9.95. The maximum Gasteiger partial charge on any atom is 1.00 e. The molecule has 20 nitrogen and oxygen atoms in total. The summed E-state index contributed by atoms with van der Waals surface area (Å²) in [6, 6.07) is 30.2. The number of aromatic nitrogens is 8. The number of carboxylic acids is 1. The summed E-state index contributed by atoms with van der Waals surface area (Å²) in [5.74, 6) is -4.66. The number of esters is 3. The van der Waals surface area contributed by atoms with Gasteiger partial charge in [0.2, 0.25) is 23.8 Å². The van der Waals surface area contributed by atoms with Crippen molar-refractivity contribution in [1.29, 1.82) is 0 Å². The minimum atomic E-state index is -1.33. The van der Waals surface area contributed by atoms with E-state index in [1.165, 1.54) is 84.9 Å². The first-order valence-corrected chi connectivity index (χ1v) is 28.8. The average Bonchev–Trinajstić information content (AvgIpc) is 0.913. The largest absolute Gasteiger partial charge is 1.00 e. The number of carbonyl (C=O) groups excluding carboxylic acids is 4. The molecule has 0 saturated heterocycles. The fourth-order valence-corrected chi connectivity index (χ4v) is 8.17. The number of nitrogens with one attached hydrogen (secondary N) is 4. The number of hydrogen-bond donors (Lipinski definition) is 4. The summed E-state index contributed by atoms with van der Waals surface area (Å²) in [6.45, 7) is 5.27. The van der Waals surface area contributed by atoms with Crippen LogP contribution in [0.2, 0.25) is 30.5 Å². The van der Waals surface area contributed by atoms with E-state index < -0.39 is 53.7 Å². The number of anilines is 4. The summed E-state index contributed by atoms with van der Waals surface area (Å²) >= 11 is 34.3. The number of ether oxygens (including phenoxy) is 3. The predicted molar refractivity (Wildman–Crippen MR) is 334 cm³/mol. The van der Waals surface area contributed by atoms with Gasteiger partial charge in [0.1, 0.15) is 64.2 Å². The monoisotopic (exact) mass is 1390 g/mol. The summed E-state index contributed by atoms with van der Waals surface area (Å²) in [6.07, 6.45) is 0. The summed E-state index contributed by atoms with van der Waals surface area (Å²) in [7, 11) is 0. The molecule has 4 heterocycles. The standard InChI is InChI=1S/C20H16ClF2N3O2.C18H12ClF2N3O2.C14H12Cl2FN3O2.C8H9Cl2N3O2.Na/c1-2-28-19(27)11-24-20-25-17(12-3-6-14(22)7-4-12)10-18(26-20)13-5-8-15(21)16(23)9-13;19-13-6-3-11(7-14(13)21)16-8-15(10-1-4-12(20)5-2-10)23-18(24-16)22-9-17(25)26;1-2-22-13(21)7-18-14-19-11(6-12(16)20-14)8-3-4-9(15)10(17)5-8;1-2-15-7(14)4-11-8-12-5(9)3-6(10)13-8;/h3-10H,2,11H2,1H3,(H,24,25,26);1-8H,9H2,(H,25,26)(H,22,23,24);3-6H,2,7H2,1H3,(H,18,19,20);3H,2,4H2,1H3,(H,11,12,13);/q;;;;+1/p-1. The fraction of sp³-hybridized carbons (Fsp3) is 0.167. The van der Waals surface area contributed by atoms with Crippen LogP contribution >= 0.6 is 69.6 Å². The van der Waals surface area contributed by atoms with Gasteiger partial charge in [-0.2, -0.15) is 0 Å². The Morgan fingerprint density at radius 2 is 0.630 bits per heavy atom. The topological polar surface area (TPSA) is 270 Å². The molecule has 5 aromatic carbocycles. The molecule has 0 radical (unpaired) electrons. The molecule has 474 valence electrons. The molecule has 4 aromatic heterocycles. The SMILES string of the molecule is CCOC(=O)CNc1nc(-c2ccc(F)cc2)cc(-c2ccc(Cl)c(F)c2)n1.CCOC(=O)CNc1nc(Cl)cc(-c2ccc(Cl)c(F)c2)n1.CCOC(=O)CNc1nc(Cl)cc(Cl)n1.O=C([O-])CNc1nc(-c2ccc(F)cc2)cc(-c2ccc(Cl)c(F)c2)n1.[Na+]. The Balaban J connectivity index is 0.000000227. The molecule has 9 rings (SSSR count). The van der Waals surface area contributed by atoms with Crippen molar-refractivity contribution in [3.8, 4) is 56.3 Å². The van der Waals surface area contributed by atoms with E-state index in [0.29, 0.717) is 62.9 Å². The second-order valence-corrected chi connectivity index (χ2v) is 20.1. The molecule has 0 spiro atoms. The molecule has 9 aromatic rings. The van der Waals surface area contributed by atoms with Crippen LogP contribution in [0.15, 0.2) is 127 Å². The van der Waals surface area contributed by atoms with Crippen molar-refractivity contribution in [3.63, 3.8) is 0 Å². The van der Waals surface area contributed by atoms with E-state index in [9.17, 15) is 46.2 Å². The van der Waals surface area contributed by atoms with E-state index in [0.717, 1.165) is 0 Å². The van der Waals surface area contributed by atoms with E-state index in [4.69, 9.17) is 83.8 Å². The quantitative estimate of drug-likeness (QED) is 0.0182. The first-order chi connectivity index (χ1) is 43.5. The third-order valence-corrected chi connectivity index (χ3v) is 12.7. The Bertz CT molecular complexity index is 4000. The third-order valence-electron chi connectivity index (χ3n) is 11.2. The third kappa shape index (κ3) is 24.5. The van der Waals surface area contributed by atoms with E-state index >= 15 is 0 Å². The molecule has 0 saturated carbocycles. The Labute approximate surface area is 574 Å². The molecular formula is C60H48Cl6F5N12NaO8. The first kappa shape index (κ1) is 74.6. The molecular weight excluding hydrogens is 1350 g/mol. The van der Waals surface area contributed by atoms with Crippen LogP contribution in [-0.2, 0) is 33.4 Å². The molecule has 0 aliphatic carbocycles. The van der Waals surface area contributed by atoms with Gasteiger partial charge in [0.05, 0.1) is 75.9 Å². The van der Waals surface area contributed by atoms with Gasteiger partial charge >= 0.3 is 47.5 Å². The van der Waals surface area contributed by atoms with Gasteiger partial charge in [0.15, 0.2) is 0 Å². The van der Waals surface area contributed by atoms with E-state index in [-0.39, 0.29) is 123 Å². The van der Waals surface area contributed by atoms with Gasteiger partial charge in [-0.1, -0.05) is 87.8 Å². The number of aliphatic carboxylic acids is 1. The number of hydrogen-bond acceptors (Lipinski definition) is 20. The van der Waals surface area contributed by atoms with E-state index in [2.05, 4.69) is 61.1 Å². The summed E-state index contributed by atoms with van der Waals surface area (Å²) < 4.78 is 81.9. The molecule has 92 heavy (non-hydrogen) atoms. The normalized spacial score (nSPS) is 10.3. The molecule has 0 amide bonds. The molecule has 0 atom stereocenters. The van der Waals surface area contributed by atoms with Gasteiger partial charge in [-0.25, -0.2) is 61.8 Å². The maximum atomic E-state index is 13.9. The average molecular weight is 1400 g/mol. The van der Waals surface area contributed by atoms with Crippen molar-refractivity contribution in [2.75, 3.05) is 67.3 Å². The zero-order valence-corrected chi connectivity index (χ0v) is 55.1. The molecule has 0 aliphatic rings. The van der Waals surface area contributed by atoms with E-state index in [1.807, 2.05) is 0 Å². The van der Waals surface area contributed by atoms with Crippen molar-refractivity contribution in [2.45, 2.75) is 20.8 Å².